The van der Waals surface area contributed by atoms with Gasteiger partial charge in [0, 0.05) is 18.8 Å². The minimum Gasteiger partial charge on any atom is -0.484 e. The number of benzene rings is 2. The summed E-state index contributed by atoms with van der Waals surface area (Å²) in [5.74, 6) is 0.277. The van der Waals surface area contributed by atoms with Gasteiger partial charge < -0.3 is 10.1 Å². The molecular weight excluding hydrogens is 376 g/mol. The summed E-state index contributed by atoms with van der Waals surface area (Å²) in [5.41, 5.74) is 2.16. The Morgan fingerprint density at radius 3 is 2.54 bits per heavy atom. The molecule has 0 spiro atoms. The van der Waals surface area contributed by atoms with Gasteiger partial charge in [0.15, 0.2) is 6.61 Å². The molecule has 150 valence electrons. The van der Waals surface area contributed by atoms with Gasteiger partial charge >= 0.3 is 0 Å². The van der Waals surface area contributed by atoms with E-state index in [1.807, 2.05) is 25.1 Å². The van der Waals surface area contributed by atoms with E-state index < -0.39 is 10.0 Å². The van der Waals surface area contributed by atoms with Crippen LogP contribution in [0.3, 0.4) is 0 Å². The smallest absolute Gasteiger partial charge is 0.262 e. The van der Waals surface area contributed by atoms with E-state index in [9.17, 15) is 13.2 Å². The minimum atomic E-state index is -3.56. The molecular formula is C21H26N2O4S. The number of rotatable bonds is 6. The number of nitrogens with one attached hydrogen (secondary N) is 1. The molecule has 1 saturated heterocycles. The van der Waals surface area contributed by atoms with Crippen molar-refractivity contribution >= 4 is 21.6 Å². The Morgan fingerprint density at radius 2 is 1.82 bits per heavy atom. The van der Waals surface area contributed by atoms with Crippen molar-refractivity contribution in [2.75, 3.05) is 25.0 Å². The zero-order chi connectivity index (χ0) is 20.1. The molecule has 0 atom stereocenters. The maximum atomic E-state index is 13.0. The second-order valence-electron chi connectivity index (χ2n) is 7.10. The Kier molecular flexibility index (Phi) is 6.36. The van der Waals surface area contributed by atoms with Crippen LogP contribution in [0.15, 0.2) is 47.4 Å². The van der Waals surface area contributed by atoms with E-state index in [-0.39, 0.29) is 17.4 Å². The van der Waals surface area contributed by atoms with Crippen LogP contribution in [-0.2, 0) is 14.8 Å². The van der Waals surface area contributed by atoms with E-state index in [2.05, 4.69) is 5.32 Å². The number of amides is 1. The number of nitrogens with zero attached hydrogens (tertiary/aromatic N) is 1. The van der Waals surface area contributed by atoms with Crippen molar-refractivity contribution in [2.45, 2.75) is 38.0 Å². The summed E-state index contributed by atoms with van der Waals surface area (Å²) in [6, 6.07) is 12.4. The van der Waals surface area contributed by atoms with Gasteiger partial charge in [-0.15, -0.1) is 0 Å². The number of sulfonamides is 1. The first-order chi connectivity index (χ1) is 13.4. The highest BCUT2D eigenvalue weighted by Crippen LogP contribution is 2.26. The van der Waals surface area contributed by atoms with E-state index >= 15 is 0 Å². The van der Waals surface area contributed by atoms with Gasteiger partial charge in [0.05, 0.1) is 4.90 Å². The number of carbonyl (C=O) groups is 1. The van der Waals surface area contributed by atoms with Crippen LogP contribution in [0.1, 0.15) is 30.4 Å². The number of piperidine rings is 1. The first-order valence-corrected chi connectivity index (χ1v) is 10.9. The predicted molar refractivity (Wildman–Crippen MR) is 109 cm³/mol. The van der Waals surface area contributed by atoms with Crippen LogP contribution in [0.4, 0.5) is 5.69 Å². The molecule has 2 aromatic carbocycles. The highest BCUT2D eigenvalue weighted by Gasteiger charge is 2.27. The van der Waals surface area contributed by atoms with Crippen LogP contribution < -0.4 is 10.1 Å². The summed E-state index contributed by atoms with van der Waals surface area (Å²) in [4.78, 5) is 12.5. The number of aryl methyl sites for hydroxylation is 2. The van der Waals surface area contributed by atoms with E-state index in [4.69, 9.17) is 4.74 Å². The first-order valence-electron chi connectivity index (χ1n) is 9.46. The van der Waals surface area contributed by atoms with Crippen molar-refractivity contribution in [1.29, 1.82) is 0 Å². The molecule has 0 saturated carbocycles. The molecule has 1 aliphatic rings. The molecule has 6 nitrogen and oxygen atoms in total. The molecule has 1 fully saturated rings. The zero-order valence-electron chi connectivity index (χ0n) is 16.3. The number of anilines is 1. The molecule has 7 heteroatoms. The van der Waals surface area contributed by atoms with Crippen LogP contribution in [0, 0.1) is 13.8 Å². The lowest BCUT2D eigenvalue weighted by atomic mass is 10.2. The van der Waals surface area contributed by atoms with Crippen molar-refractivity contribution in [3.63, 3.8) is 0 Å². The molecule has 1 amide bonds. The highest BCUT2D eigenvalue weighted by atomic mass is 32.2. The normalized spacial score (nSPS) is 15.2. The maximum absolute atomic E-state index is 13.0. The maximum Gasteiger partial charge on any atom is 0.262 e. The quantitative estimate of drug-likeness (QED) is 0.802. The van der Waals surface area contributed by atoms with Crippen LogP contribution >= 0.6 is 0 Å². The summed E-state index contributed by atoms with van der Waals surface area (Å²) in [5, 5.41) is 2.72. The summed E-state index contributed by atoms with van der Waals surface area (Å²) in [7, 11) is -3.56. The Bertz CT molecular complexity index is 951. The van der Waals surface area contributed by atoms with E-state index in [0.717, 1.165) is 24.8 Å². The molecule has 1 aliphatic heterocycles. The lowest BCUT2D eigenvalue weighted by Gasteiger charge is -2.26. The van der Waals surface area contributed by atoms with Gasteiger partial charge in [-0.3, -0.25) is 4.79 Å². The SMILES string of the molecule is Cc1cccc(OCC(=O)Nc2ccc(C)c(S(=O)(=O)N3CCCCC3)c2)c1. The zero-order valence-corrected chi connectivity index (χ0v) is 17.1. The topological polar surface area (TPSA) is 75.7 Å². The van der Waals surface area contributed by atoms with E-state index in [1.54, 1.807) is 25.1 Å². The molecule has 28 heavy (non-hydrogen) atoms. The average Bonchev–Trinajstić information content (AvgIpc) is 2.68. The van der Waals surface area contributed by atoms with Gasteiger partial charge in [-0.05, 0) is 62.1 Å². The van der Waals surface area contributed by atoms with Crippen LogP contribution in [-0.4, -0.2) is 38.3 Å². The Labute approximate surface area is 166 Å². The molecule has 0 unspecified atom stereocenters. The van der Waals surface area contributed by atoms with Crippen molar-refractivity contribution in [3.8, 4) is 5.75 Å². The third-order valence-electron chi connectivity index (χ3n) is 4.76. The fourth-order valence-corrected chi connectivity index (χ4v) is 5.02. The highest BCUT2D eigenvalue weighted by molar-refractivity contribution is 7.89. The summed E-state index contributed by atoms with van der Waals surface area (Å²) >= 11 is 0. The molecule has 0 radical (unpaired) electrons. The summed E-state index contributed by atoms with van der Waals surface area (Å²) in [6.07, 6.45) is 2.82. The molecule has 1 heterocycles. The largest absolute Gasteiger partial charge is 0.484 e. The Hall–Kier alpha value is -2.38. The van der Waals surface area contributed by atoms with Crippen molar-refractivity contribution in [1.82, 2.24) is 4.31 Å². The number of hydrogen-bond acceptors (Lipinski definition) is 4. The second kappa shape index (κ2) is 8.75. The lowest BCUT2D eigenvalue weighted by molar-refractivity contribution is -0.118. The number of ether oxygens (including phenoxy) is 1. The first kappa shape index (κ1) is 20.4. The molecule has 3 rings (SSSR count). The monoisotopic (exact) mass is 402 g/mol. The summed E-state index contributed by atoms with van der Waals surface area (Å²) in [6.45, 7) is 4.66. The second-order valence-corrected chi connectivity index (χ2v) is 9.00. The van der Waals surface area contributed by atoms with Gasteiger partial charge in [-0.1, -0.05) is 24.6 Å². The van der Waals surface area contributed by atoms with Crippen LogP contribution in [0.2, 0.25) is 0 Å². The number of hydrogen-bond donors (Lipinski definition) is 1. The van der Waals surface area contributed by atoms with Crippen molar-refractivity contribution in [3.05, 3.63) is 53.6 Å². The fraction of sp³-hybridized carbons (Fsp3) is 0.381. The van der Waals surface area contributed by atoms with E-state index in [1.165, 1.54) is 10.4 Å². The van der Waals surface area contributed by atoms with Crippen LogP contribution in [0.25, 0.3) is 0 Å². The molecule has 0 aliphatic carbocycles. The lowest BCUT2D eigenvalue weighted by Crippen LogP contribution is -2.36. The Morgan fingerprint density at radius 1 is 1.07 bits per heavy atom. The predicted octanol–water partition coefficient (Wildman–Crippen LogP) is 3.50. The molecule has 2 aromatic rings. The Balaban J connectivity index is 1.69. The molecule has 0 bridgehead atoms. The average molecular weight is 403 g/mol. The third kappa shape index (κ3) is 4.91. The van der Waals surface area contributed by atoms with Crippen LogP contribution in [0.5, 0.6) is 5.75 Å². The number of carbonyl (C=O) groups excluding carboxylic acids is 1. The summed E-state index contributed by atoms with van der Waals surface area (Å²) < 4.78 is 33.0. The third-order valence-corrected chi connectivity index (χ3v) is 6.80. The van der Waals surface area contributed by atoms with Crippen molar-refractivity contribution in [2.24, 2.45) is 0 Å². The van der Waals surface area contributed by atoms with Crippen molar-refractivity contribution < 1.29 is 17.9 Å². The minimum absolute atomic E-state index is 0.147. The molecule has 1 N–H and O–H groups in total. The fourth-order valence-electron chi connectivity index (χ4n) is 3.25. The van der Waals surface area contributed by atoms with Gasteiger partial charge in [0.1, 0.15) is 5.75 Å². The molecule has 0 aromatic heterocycles. The van der Waals surface area contributed by atoms with Gasteiger partial charge in [0.2, 0.25) is 10.0 Å². The van der Waals surface area contributed by atoms with Gasteiger partial charge in [-0.2, -0.15) is 4.31 Å². The van der Waals surface area contributed by atoms with E-state index in [0.29, 0.717) is 30.1 Å². The van der Waals surface area contributed by atoms with Gasteiger partial charge in [-0.25, -0.2) is 8.42 Å². The standard InChI is InChI=1S/C21H26N2O4S/c1-16-7-6-8-19(13-16)27-15-21(24)22-18-10-9-17(2)20(14-18)28(25,26)23-11-4-3-5-12-23/h6-10,13-14H,3-5,11-12,15H2,1-2H3,(H,22,24). The van der Waals surface area contributed by atoms with Gasteiger partial charge in [0.25, 0.3) is 5.91 Å².